The van der Waals surface area contributed by atoms with Crippen LogP contribution in [0, 0.1) is 0 Å². The number of amides is 1. The maximum absolute atomic E-state index is 11.9. The van der Waals surface area contributed by atoms with Crippen LogP contribution in [0.2, 0.25) is 0 Å². The number of aromatic carboxylic acids is 1. The second-order valence-corrected chi connectivity index (χ2v) is 4.16. The average Bonchev–Trinajstić information content (AvgIpc) is 2.84. The summed E-state index contributed by atoms with van der Waals surface area (Å²) in [4.78, 5) is 26.7. The lowest BCUT2D eigenvalue weighted by molar-refractivity contribution is 0.0690. The number of carboxylic acid groups (broad SMARTS) is 1. The van der Waals surface area contributed by atoms with Gasteiger partial charge in [0.15, 0.2) is 0 Å². The molecule has 0 aromatic carbocycles. The number of nitrogens with zero attached hydrogens (tertiary/aromatic N) is 3. The Bertz CT molecular complexity index is 636. The fourth-order valence-electron chi connectivity index (χ4n) is 1.79. The highest BCUT2D eigenvalue weighted by molar-refractivity contribution is 6.03. The maximum Gasteiger partial charge on any atom is 0.338 e. The quantitative estimate of drug-likeness (QED) is 0.826. The summed E-state index contributed by atoms with van der Waals surface area (Å²) in [5.41, 5.74) is 0.792. The molecule has 7 heteroatoms. The summed E-state index contributed by atoms with van der Waals surface area (Å²) < 4.78 is 1.72. The highest BCUT2D eigenvalue weighted by Crippen LogP contribution is 2.05. The monoisotopic (exact) mass is 274 g/mol. The fourth-order valence-corrected chi connectivity index (χ4v) is 1.79. The summed E-state index contributed by atoms with van der Waals surface area (Å²) in [6.07, 6.45) is 3.68. The number of aryl methyl sites for hydroxylation is 1. The summed E-state index contributed by atoms with van der Waals surface area (Å²) in [6, 6.07) is 4.69. The molecular weight excluding hydrogens is 260 g/mol. The van der Waals surface area contributed by atoms with Crippen molar-refractivity contribution in [3.8, 4) is 0 Å². The molecule has 0 fully saturated rings. The second kappa shape index (κ2) is 5.96. The molecule has 0 aliphatic carbocycles. The number of pyridine rings is 1. The van der Waals surface area contributed by atoms with E-state index in [4.69, 9.17) is 5.11 Å². The lowest BCUT2D eigenvalue weighted by Crippen LogP contribution is -2.28. The standard InChI is InChI=1S/C13H14N4O3/c1-17-9(5-8-16-17)4-7-15-12(18)11-10(13(19)20)3-2-6-14-11/h2-3,5-6,8H,4,7H2,1H3,(H,15,18)(H,19,20). The second-order valence-electron chi connectivity index (χ2n) is 4.16. The van der Waals surface area contributed by atoms with Crippen molar-refractivity contribution in [2.45, 2.75) is 6.42 Å². The van der Waals surface area contributed by atoms with Gasteiger partial charge in [-0.3, -0.25) is 14.5 Å². The van der Waals surface area contributed by atoms with Gasteiger partial charge in [-0.1, -0.05) is 0 Å². The van der Waals surface area contributed by atoms with E-state index in [0.29, 0.717) is 13.0 Å². The molecule has 0 unspecified atom stereocenters. The smallest absolute Gasteiger partial charge is 0.338 e. The SMILES string of the molecule is Cn1nccc1CCNC(=O)c1ncccc1C(=O)O. The first-order valence-corrected chi connectivity index (χ1v) is 6.03. The van der Waals surface area contributed by atoms with E-state index in [2.05, 4.69) is 15.4 Å². The van der Waals surface area contributed by atoms with Crippen LogP contribution in [0.1, 0.15) is 26.5 Å². The summed E-state index contributed by atoms with van der Waals surface area (Å²) >= 11 is 0. The molecule has 0 saturated heterocycles. The predicted octanol–water partition coefficient (Wildman–Crippen LogP) is 0.486. The van der Waals surface area contributed by atoms with Crippen molar-refractivity contribution in [1.82, 2.24) is 20.1 Å². The van der Waals surface area contributed by atoms with Crippen LogP contribution in [-0.2, 0) is 13.5 Å². The fraction of sp³-hybridized carbons (Fsp3) is 0.231. The van der Waals surface area contributed by atoms with Crippen LogP contribution in [0.3, 0.4) is 0 Å². The molecule has 0 aliphatic rings. The van der Waals surface area contributed by atoms with Crippen molar-refractivity contribution in [3.05, 3.63) is 47.5 Å². The lowest BCUT2D eigenvalue weighted by atomic mass is 10.2. The molecule has 2 N–H and O–H groups in total. The van der Waals surface area contributed by atoms with E-state index >= 15 is 0 Å². The minimum atomic E-state index is -1.17. The molecule has 2 aromatic heterocycles. The van der Waals surface area contributed by atoms with E-state index in [1.807, 2.05) is 13.1 Å². The van der Waals surface area contributed by atoms with Crippen molar-refractivity contribution >= 4 is 11.9 Å². The Labute approximate surface area is 115 Å². The number of nitrogens with one attached hydrogen (secondary N) is 1. The van der Waals surface area contributed by atoms with Crippen LogP contribution in [0.25, 0.3) is 0 Å². The van der Waals surface area contributed by atoms with Gasteiger partial charge in [-0.2, -0.15) is 5.10 Å². The number of carbonyl (C=O) groups excluding carboxylic acids is 1. The normalized spacial score (nSPS) is 10.2. The Balaban J connectivity index is 1.99. The maximum atomic E-state index is 11.9. The van der Waals surface area contributed by atoms with Gasteiger partial charge in [0.05, 0.1) is 5.56 Å². The minimum absolute atomic E-state index is 0.0787. The van der Waals surface area contributed by atoms with E-state index in [1.165, 1.54) is 18.3 Å². The van der Waals surface area contributed by atoms with Crippen LogP contribution in [0.4, 0.5) is 0 Å². The number of carbonyl (C=O) groups is 2. The molecule has 2 heterocycles. The molecular formula is C13H14N4O3. The van der Waals surface area contributed by atoms with Crippen molar-refractivity contribution in [2.75, 3.05) is 6.54 Å². The van der Waals surface area contributed by atoms with Crippen molar-refractivity contribution < 1.29 is 14.7 Å². The molecule has 2 rings (SSSR count). The van der Waals surface area contributed by atoms with Gasteiger partial charge in [0.1, 0.15) is 5.69 Å². The van der Waals surface area contributed by atoms with Gasteiger partial charge >= 0.3 is 5.97 Å². The van der Waals surface area contributed by atoms with E-state index in [9.17, 15) is 9.59 Å². The average molecular weight is 274 g/mol. The summed E-state index contributed by atoms with van der Waals surface area (Å²) in [5.74, 6) is -1.67. The highest BCUT2D eigenvalue weighted by atomic mass is 16.4. The van der Waals surface area contributed by atoms with E-state index in [0.717, 1.165) is 5.69 Å². The first-order valence-electron chi connectivity index (χ1n) is 6.03. The van der Waals surface area contributed by atoms with E-state index in [-0.39, 0.29) is 11.3 Å². The Morgan fingerprint density at radius 2 is 2.15 bits per heavy atom. The summed E-state index contributed by atoms with van der Waals surface area (Å²) in [6.45, 7) is 0.383. The predicted molar refractivity (Wildman–Crippen MR) is 70.4 cm³/mol. The van der Waals surface area contributed by atoms with Gasteiger partial charge < -0.3 is 10.4 Å². The van der Waals surface area contributed by atoms with Gasteiger partial charge in [-0.15, -0.1) is 0 Å². The molecule has 2 aromatic rings. The number of carboxylic acids is 1. The van der Waals surface area contributed by atoms with E-state index < -0.39 is 11.9 Å². The van der Waals surface area contributed by atoms with Crippen molar-refractivity contribution in [1.29, 1.82) is 0 Å². The zero-order valence-corrected chi connectivity index (χ0v) is 10.9. The molecule has 0 spiro atoms. The molecule has 20 heavy (non-hydrogen) atoms. The van der Waals surface area contributed by atoms with Crippen LogP contribution in [0.5, 0.6) is 0 Å². The topological polar surface area (TPSA) is 97.1 Å². The molecule has 1 amide bonds. The zero-order chi connectivity index (χ0) is 14.5. The Hall–Kier alpha value is -2.70. The van der Waals surface area contributed by atoms with E-state index in [1.54, 1.807) is 10.9 Å². The van der Waals surface area contributed by atoms with Crippen LogP contribution < -0.4 is 5.32 Å². The van der Waals surface area contributed by atoms with Gasteiger partial charge in [0.25, 0.3) is 5.91 Å². The third-order valence-electron chi connectivity index (χ3n) is 2.84. The van der Waals surface area contributed by atoms with Gasteiger partial charge in [-0.25, -0.2) is 4.79 Å². The molecule has 0 bridgehead atoms. The highest BCUT2D eigenvalue weighted by Gasteiger charge is 2.17. The van der Waals surface area contributed by atoms with Gasteiger partial charge in [0, 0.05) is 38.1 Å². The summed E-state index contributed by atoms with van der Waals surface area (Å²) in [7, 11) is 1.82. The number of hydrogen-bond donors (Lipinski definition) is 2. The third kappa shape index (κ3) is 3.00. The molecule has 0 aliphatic heterocycles. The van der Waals surface area contributed by atoms with Crippen molar-refractivity contribution in [3.63, 3.8) is 0 Å². The van der Waals surface area contributed by atoms with Gasteiger partial charge in [-0.05, 0) is 18.2 Å². The van der Waals surface area contributed by atoms with Crippen LogP contribution >= 0.6 is 0 Å². The molecule has 7 nitrogen and oxygen atoms in total. The Morgan fingerprint density at radius 1 is 1.35 bits per heavy atom. The number of rotatable bonds is 5. The third-order valence-corrected chi connectivity index (χ3v) is 2.84. The minimum Gasteiger partial charge on any atom is -0.478 e. The Morgan fingerprint density at radius 3 is 2.80 bits per heavy atom. The van der Waals surface area contributed by atoms with Crippen LogP contribution in [0.15, 0.2) is 30.6 Å². The lowest BCUT2D eigenvalue weighted by Gasteiger charge is -2.07. The largest absolute Gasteiger partial charge is 0.478 e. The molecule has 0 atom stereocenters. The number of aromatic nitrogens is 3. The van der Waals surface area contributed by atoms with Gasteiger partial charge in [0.2, 0.25) is 0 Å². The summed E-state index contributed by atoms with van der Waals surface area (Å²) in [5, 5.41) is 15.7. The first-order chi connectivity index (χ1) is 9.59. The van der Waals surface area contributed by atoms with Crippen molar-refractivity contribution in [2.24, 2.45) is 7.05 Å². The Kier molecular flexibility index (Phi) is 4.09. The molecule has 104 valence electrons. The molecule has 0 saturated carbocycles. The zero-order valence-electron chi connectivity index (χ0n) is 10.9. The molecule has 0 radical (unpaired) electrons. The first kappa shape index (κ1) is 13.7. The number of hydrogen-bond acceptors (Lipinski definition) is 4. The van der Waals surface area contributed by atoms with Crippen LogP contribution in [-0.4, -0.2) is 38.3 Å².